The number of benzene rings is 2. The fraction of sp³-hybridized carbons (Fsp3) is 0.0500. The highest BCUT2D eigenvalue weighted by atomic mass is 79.9. The van der Waals surface area contributed by atoms with E-state index in [0.717, 1.165) is 32.3 Å². The van der Waals surface area contributed by atoms with Gasteiger partial charge in [-0.25, -0.2) is 4.39 Å². The van der Waals surface area contributed by atoms with Gasteiger partial charge in [0, 0.05) is 33.9 Å². The summed E-state index contributed by atoms with van der Waals surface area (Å²) < 4.78 is 16.1. The predicted octanol–water partition coefficient (Wildman–Crippen LogP) is 5.52. The van der Waals surface area contributed by atoms with Crippen LogP contribution in [0.4, 0.5) is 4.39 Å². The van der Waals surface area contributed by atoms with E-state index in [1.54, 1.807) is 36.3 Å². The van der Waals surface area contributed by atoms with Crippen molar-refractivity contribution in [3.63, 3.8) is 0 Å². The summed E-state index contributed by atoms with van der Waals surface area (Å²) in [5.41, 5.74) is 2.87. The summed E-state index contributed by atoms with van der Waals surface area (Å²) >= 11 is 5.03. The highest BCUT2D eigenvalue weighted by Gasteiger charge is 2.16. The second-order valence-electron chi connectivity index (χ2n) is 5.77. The maximum absolute atomic E-state index is 13.1. The van der Waals surface area contributed by atoms with Gasteiger partial charge in [0.2, 0.25) is 0 Å². The van der Waals surface area contributed by atoms with Gasteiger partial charge in [-0.15, -0.1) is 10.2 Å². The molecule has 27 heavy (non-hydrogen) atoms. The van der Waals surface area contributed by atoms with Crippen LogP contribution in [-0.4, -0.2) is 19.7 Å². The van der Waals surface area contributed by atoms with E-state index in [4.69, 9.17) is 0 Å². The Kier molecular flexibility index (Phi) is 5.31. The number of aromatic nitrogens is 4. The van der Waals surface area contributed by atoms with Crippen LogP contribution in [0.1, 0.15) is 5.56 Å². The molecule has 0 aliphatic heterocycles. The molecule has 0 radical (unpaired) electrons. The minimum Gasteiger partial charge on any atom is -0.270 e. The maximum atomic E-state index is 13.1. The Bertz CT molecular complexity index is 1030. The maximum Gasteiger partial charge on any atom is 0.196 e. The second kappa shape index (κ2) is 8.02. The number of nitrogens with zero attached hydrogens (tertiary/aromatic N) is 4. The zero-order valence-electron chi connectivity index (χ0n) is 14.1. The Balaban J connectivity index is 1.71. The molecular formula is C20H14BrFN4S. The van der Waals surface area contributed by atoms with Gasteiger partial charge in [-0.05, 0) is 54.1 Å². The first-order valence-electron chi connectivity index (χ1n) is 8.20. The Hall–Kier alpha value is -2.51. The third-order valence-electron chi connectivity index (χ3n) is 3.92. The normalized spacial score (nSPS) is 10.9. The molecule has 134 valence electrons. The summed E-state index contributed by atoms with van der Waals surface area (Å²) in [6, 6.07) is 18.3. The Morgan fingerprint density at radius 1 is 0.963 bits per heavy atom. The standard InChI is InChI=1S/C20H14BrFN4S/c21-16-5-9-18(10-6-16)26-19(15-2-1-11-23-12-15)24-25-20(26)27-13-14-3-7-17(22)8-4-14/h1-12H,13H2. The van der Waals surface area contributed by atoms with E-state index in [9.17, 15) is 4.39 Å². The van der Waals surface area contributed by atoms with E-state index in [-0.39, 0.29) is 5.82 Å². The number of hydrogen-bond acceptors (Lipinski definition) is 4. The van der Waals surface area contributed by atoms with E-state index < -0.39 is 0 Å². The van der Waals surface area contributed by atoms with Gasteiger partial charge in [0.15, 0.2) is 11.0 Å². The van der Waals surface area contributed by atoms with Crippen molar-refractivity contribution in [2.45, 2.75) is 10.9 Å². The lowest BCUT2D eigenvalue weighted by molar-refractivity contribution is 0.627. The molecule has 2 aromatic carbocycles. The van der Waals surface area contributed by atoms with Crippen molar-refractivity contribution in [3.8, 4) is 17.1 Å². The average molecular weight is 441 g/mol. The van der Waals surface area contributed by atoms with E-state index in [2.05, 4.69) is 31.1 Å². The Morgan fingerprint density at radius 3 is 2.44 bits per heavy atom. The molecule has 0 unspecified atom stereocenters. The average Bonchev–Trinajstić information content (AvgIpc) is 3.13. The number of pyridine rings is 1. The molecule has 4 nitrogen and oxygen atoms in total. The van der Waals surface area contributed by atoms with E-state index in [0.29, 0.717) is 5.75 Å². The van der Waals surface area contributed by atoms with Crippen LogP contribution in [0.15, 0.2) is 82.7 Å². The Labute approximate surface area is 168 Å². The van der Waals surface area contributed by atoms with Crippen molar-refractivity contribution in [1.82, 2.24) is 19.7 Å². The molecule has 0 amide bonds. The van der Waals surface area contributed by atoms with Crippen molar-refractivity contribution in [1.29, 1.82) is 0 Å². The number of rotatable bonds is 5. The Morgan fingerprint density at radius 2 is 1.74 bits per heavy atom. The molecule has 7 heteroatoms. The summed E-state index contributed by atoms with van der Waals surface area (Å²) in [6.07, 6.45) is 3.50. The minimum absolute atomic E-state index is 0.236. The molecule has 0 bridgehead atoms. The fourth-order valence-electron chi connectivity index (χ4n) is 2.60. The molecule has 0 aliphatic carbocycles. The number of halogens is 2. The molecule has 0 saturated heterocycles. The van der Waals surface area contributed by atoms with Crippen LogP contribution < -0.4 is 0 Å². The SMILES string of the molecule is Fc1ccc(CSc2nnc(-c3cccnc3)n2-c2ccc(Br)cc2)cc1. The monoisotopic (exact) mass is 440 g/mol. The zero-order chi connectivity index (χ0) is 18.6. The van der Waals surface area contributed by atoms with Gasteiger partial charge in [-0.1, -0.05) is 39.8 Å². The molecule has 0 aliphatic rings. The van der Waals surface area contributed by atoms with Crippen LogP contribution in [0.2, 0.25) is 0 Å². The molecule has 0 N–H and O–H groups in total. The minimum atomic E-state index is -0.236. The van der Waals surface area contributed by atoms with Gasteiger partial charge < -0.3 is 0 Å². The van der Waals surface area contributed by atoms with Gasteiger partial charge in [0.05, 0.1) is 0 Å². The van der Waals surface area contributed by atoms with Crippen LogP contribution in [0.3, 0.4) is 0 Å². The lowest BCUT2D eigenvalue weighted by Crippen LogP contribution is -2.00. The van der Waals surface area contributed by atoms with Crippen molar-refractivity contribution in [3.05, 3.63) is 88.9 Å². The molecular weight excluding hydrogens is 427 g/mol. The highest BCUT2D eigenvalue weighted by molar-refractivity contribution is 9.10. The third kappa shape index (κ3) is 4.09. The predicted molar refractivity (Wildman–Crippen MR) is 108 cm³/mol. The molecule has 2 aromatic heterocycles. The summed E-state index contributed by atoms with van der Waals surface area (Å²) in [5, 5.41) is 9.54. The van der Waals surface area contributed by atoms with Gasteiger partial charge in [0.1, 0.15) is 5.82 Å². The third-order valence-corrected chi connectivity index (χ3v) is 5.45. The lowest BCUT2D eigenvalue weighted by atomic mass is 10.2. The van der Waals surface area contributed by atoms with Crippen molar-refractivity contribution < 1.29 is 4.39 Å². The molecule has 0 fully saturated rings. The van der Waals surface area contributed by atoms with Gasteiger partial charge in [-0.2, -0.15) is 0 Å². The van der Waals surface area contributed by atoms with Crippen molar-refractivity contribution in [2.75, 3.05) is 0 Å². The van der Waals surface area contributed by atoms with Crippen molar-refractivity contribution in [2.24, 2.45) is 0 Å². The first-order valence-corrected chi connectivity index (χ1v) is 9.97. The molecule has 4 aromatic rings. The fourth-order valence-corrected chi connectivity index (χ4v) is 3.77. The first kappa shape index (κ1) is 17.9. The van der Waals surface area contributed by atoms with Crippen LogP contribution in [0.5, 0.6) is 0 Å². The highest BCUT2D eigenvalue weighted by Crippen LogP contribution is 2.30. The van der Waals surface area contributed by atoms with Crippen LogP contribution in [-0.2, 0) is 5.75 Å². The first-order chi connectivity index (χ1) is 13.2. The smallest absolute Gasteiger partial charge is 0.196 e. The zero-order valence-corrected chi connectivity index (χ0v) is 16.5. The molecule has 0 atom stereocenters. The van der Waals surface area contributed by atoms with E-state index in [1.807, 2.05) is 41.0 Å². The quantitative estimate of drug-likeness (QED) is 0.383. The summed E-state index contributed by atoms with van der Waals surface area (Å²) in [4.78, 5) is 4.19. The van der Waals surface area contributed by atoms with E-state index >= 15 is 0 Å². The van der Waals surface area contributed by atoms with Crippen LogP contribution in [0.25, 0.3) is 17.1 Å². The number of thioether (sulfide) groups is 1. The van der Waals surface area contributed by atoms with Gasteiger partial charge in [0.25, 0.3) is 0 Å². The molecule has 0 saturated carbocycles. The molecule has 2 heterocycles. The summed E-state index contributed by atoms with van der Waals surface area (Å²) in [6.45, 7) is 0. The summed E-state index contributed by atoms with van der Waals surface area (Å²) in [7, 11) is 0. The van der Waals surface area contributed by atoms with Crippen LogP contribution >= 0.6 is 27.7 Å². The van der Waals surface area contributed by atoms with Crippen molar-refractivity contribution >= 4 is 27.7 Å². The lowest BCUT2D eigenvalue weighted by Gasteiger charge is -2.10. The second-order valence-corrected chi connectivity index (χ2v) is 7.63. The number of hydrogen-bond donors (Lipinski definition) is 0. The molecule has 0 spiro atoms. The van der Waals surface area contributed by atoms with E-state index in [1.165, 1.54) is 12.1 Å². The summed E-state index contributed by atoms with van der Waals surface area (Å²) in [5.74, 6) is 1.16. The van der Waals surface area contributed by atoms with Crippen LogP contribution in [0, 0.1) is 5.82 Å². The van der Waals surface area contributed by atoms with Gasteiger partial charge >= 0.3 is 0 Å². The molecule has 4 rings (SSSR count). The van der Waals surface area contributed by atoms with Gasteiger partial charge in [-0.3, -0.25) is 9.55 Å². The largest absolute Gasteiger partial charge is 0.270 e. The topological polar surface area (TPSA) is 43.6 Å².